The normalized spacial score (nSPS) is 30.2. The molecule has 14 heteroatoms. The minimum Gasteiger partial charge on any atom is -0.508 e. The number of phenols is 2. The van der Waals surface area contributed by atoms with Gasteiger partial charge in [-0.1, -0.05) is 204 Å². The highest BCUT2D eigenvalue weighted by Crippen LogP contribution is 2.61. The molecule has 7 rings (SSSR count). The summed E-state index contributed by atoms with van der Waals surface area (Å²) in [6, 6.07) is 12.7. The fraction of sp³-hybridized carbons (Fsp3) is 0.760. The van der Waals surface area contributed by atoms with Crippen molar-refractivity contribution in [1.29, 1.82) is 0 Å². The summed E-state index contributed by atoms with van der Waals surface area (Å²) < 4.78 is 0. The van der Waals surface area contributed by atoms with Crippen molar-refractivity contribution in [3.8, 4) is 11.5 Å². The van der Waals surface area contributed by atoms with E-state index in [0.717, 1.165) is 76.5 Å². The Morgan fingerprint density at radius 1 is 0.484 bits per heavy atom. The highest BCUT2D eigenvalue weighted by atomic mass is 33.7. The van der Waals surface area contributed by atoms with Crippen LogP contribution in [0.3, 0.4) is 0 Å². The summed E-state index contributed by atoms with van der Waals surface area (Å²) in [6.07, 6.45) is 23.9. The Morgan fingerprint density at radius 3 is 1.52 bits per heavy atom. The van der Waals surface area contributed by atoms with E-state index in [0.29, 0.717) is 11.5 Å². The summed E-state index contributed by atoms with van der Waals surface area (Å²) in [6.45, 7) is 13.0. The predicted octanol–water partition coefficient (Wildman–Crippen LogP) is 18.8. The maximum Gasteiger partial charge on any atom is 0.119 e. The number of unbranched alkanes of at least 4 members (excludes halogenated alkanes) is 8. The zero-order valence-corrected chi connectivity index (χ0v) is 49.0. The number of aromatic hydroxyl groups is 2. The number of aryl methyl sites for hydroxylation is 2. The van der Waals surface area contributed by atoms with Gasteiger partial charge in [-0.2, -0.15) is 23.5 Å². The summed E-state index contributed by atoms with van der Waals surface area (Å²) >= 11 is 4.66. The van der Waals surface area contributed by atoms with Crippen LogP contribution in [0.25, 0.3) is 0 Å². The number of hydrogen-bond acceptors (Lipinski definition) is 14. The van der Waals surface area contributed by atoms with Crippen molar-refractivity contribution >= 4 is 130 Å². The quantitative estimate of drug-likeness (QED) is 0.0708. The summed E-state index contributed by atoms with van der Waals surface area (Å²) in [4.78, 5) is 0. The second-order valence-electron chi connectivity index (χ2n) is 20.9. The van der Waals surface area contributed by atoms with E-state index in [-0.39, 0.29) is 10.8 Å². The molecule has 10 atom stereocenters. The molecule has 360 valence electrons. The summed E-state index contributed by atoms with van der Waals surface area (Å²) in [5, 5.41) is 29.4. The second kappa shape index (κ2) is 26.8. The first kappa shape index (κ1) is 54.0. The van der Waals surface area contributed by atoms with Gasteiger partial charge >= 0.3 is 0 Å². The molecule has 0 spiro atoms. The largest absolute Gasteiger partial charge is 0.508 e. The van der Waals surface area contributed by atoms with E-state index >= 15 is 0 Å². The molecule has 5 aliphatic heterocycles. The van der Waals surface area contributed by atoms with Gasteiger partial charge in [0.1, 0.15) is 11.5 Å². The van der Waals surface area contributed by atoms with Gasteiger partial charge in [0.2, 0.25) is 0 Å². The predicted molar refractivity (Wildman–Crippen MR) is 314 cm³/mol. The van der Waals surface area contributed by atoms with Gasteiger partial charge < -0.3 is 10.2 Å². The van der Waals surface area contributed by atoms with Gasteiger partial charge in [-0.25, -0.2) is 0 Å². The fourth-order valence-corrected chi connectivity index (χ4v) is 32.6. The van der Waals surface area contributed by atoms with Crippen LogP contribution >= 0.6 is 130 Å². The standard InChI is InChI=1S/C50H76O2S12/c1-49(2,3)38-23-21-33(25-40(38)51)17-13-9-7-11-15-19-35-27-46(55-35)48-47(56-48)29-37-32-54-53-31-36(57-58-37)28-43-45-30-44(59-60-45)42(61-63-64-62-43)20-16-12-8-10-14-18-34-22-24-39(41(52)26-34)50(4,5)6/h21-26,35-37,42-48,51-52H,7-20,27-32H2,1-6H3. The van der Waals surface area contributed by atoms with Crippen LogP contribution in [0.15, 0.2) is 36.4 Å². The third-order valence-electron chi connectivity index (χ3n) is 13.4. The molecule has 0 aliphatic carbocycles. The molecule has 5 saturated heterocycles. The molecule has 10 unspecified atom stereocenters. The van der Waals surface area contributed by atoms with Crippen molar-refractivity contribution in [2.75, 3.05) is 11.5 Å². The van der Waals surface area contributed by atoms with E-state index in [1.54, 1.807) is 0 Å². The lowest BCUT2D eigenvalue weighted by molar-refractivity contribution is 0.445. The van der Waals surface area contributed by atoms with Crippen molar-refractivity contribution < 1.29 is 10.2 Å². The smallest absolute Gasteiger partial charge is 0.119 e. The van der Waals surface area contributed by atoms with E-state index in [1.165, 1.54) is 125 Å². The van der Waals surface area contributed by atoms with E-state index in [2.05, 4.69) is 195 Å². The Balaban J connectivity index is 0.718. The first-order valence-electron chi connectivity index (χ1n) is 24.3. The van der Waals surface area contributed by atoms with Crippen molar-refractivity contribution in [1.82, 2.24) is 0 Å². The number of thioether (sulfide) groups is 2. The Morgan fingerprint density at radius 2 is 0.969 bits per heavy atom. The molecule has 2 bridgehead atoms. The van der Waals surface area contributed by atoms with Crippen LogP contribution in [0.1, 0.15) is 167 Å². The summed E-state index contributed by atoms with van der Waals surface area (Å²) in [7, 11) is 22.0. The van der Waals surface area contributed by atoms with Gasteiger partial charge in [-0.05, 0) is 129 Å². The molecule has 0 saturated carbocycles. The first-order valence-corrected chi connectivity index (χ1v) is 38.2. The molecule has 0 amide bonds. The molecule has 2 aromatic rings. The molecule has 2 aromatic carbocycles. The molecule has 64 heavy (non-hydrogen) atoms. The van der Waals surface area contributed by atoms with Gasteiger partial charge in [-0.15, -0.1) is 0 Å². The second-order valence-corrected chi connectivity index (χ2v) is 38.3. The van der Waals surface area contributed by atoms with Crippen molar-refractivity contribution in [2.24, 2.45) is 0 Å². The zero-order valence-electron chi connectivity index (χ0n) is 39.2. The van der Waals surface area contributed by atoms with Crippen LogP contribution in [-0.2, 0) is 23.7 Å². The van der Waals surface area contributed by atoms with Crippen molar-refractivity contribution in [3.63, 3.8) is 0 Å². The third-order valence-corrected chi connectivity index (χ3v) is 34.2. The fourth-order valence-electron chi connectivity index (χ4n) is 9.49. The molecular weight excluding hydrogens is 1020 g/mol. The highest BCUT2D eigenvalue weighted by molar-refractivity contribution is 9.26. The third kappa shape index (κ3) is 17.2. The Kier molecular flexibility index (Phi) is 22.6. The number of benzene rings is 2. The van der Waals surface area contributed by atoms with Gasteiger partial charge in [0, 0.05) is 64.0 Å². The molecule has 5 aliphatic rings. The molecule has 0 radical (unpaired) electrons. The lowest BCUT2D eigenvalue weighted by Crippen LogP contribution is -2.32. The minimum absolute atomic E-state index is 0.00929. The molecule has 0 aromatic heterocycles. The Bertz CT molecular complexity index is 1710. The molecule has 2 nitrogen and oxygen atoms in total. The van der Waals surface area contributed by atoms with Gasteiger partial charge in [0.15, 0.2) is 0 Å². The first-order chi connectivity index (χ1) is 30.8. The number of phenolic OH excluding ortho intramolecular Hbond substituents is 2. The van der Waals surface area contributed by atoms with Gasteiger partial charge in [-0.3, -0.25) is 0 Å². The SMILES string of the molecule is CC(C)(C)c1ccc(CCCCCCCC2CC(C3SC3CC3CSSCC(CC4SSSSC(CCCCCCCc5ccc(C(C)(C)C)c(O)c5)C5CC4SS5)SS3)S2)cc1O. The van der Waals surface area contributed by atoms with Crippen LogP contribution in [0.5, 0.6) is 11.5 Å². The summed E-state index contributed by atoms with van der Waals surface area (Å²) in [5.41, 5.74) is 4.63. The van der Waals surface area contributed by atoms with E-state index in [1.807, 2.05) is 12.1 Å². The lowest BCUT2D eigenvalue weighted by Gasteiger charge is -2.35. The highest BCUT2D eigenvalue weighted by Gasteiger charge is 2.50. The number of hydrogen-bond donors (Lipinski definition) is 2. The van der Waals surface area contributed by atoms with E-state index in [4.69, 9.17) is 0 Å². The van der Waals surface area contributed by atoms with Crippen LogP contribution < -0.4 is 0 Å². The van der Waals surface area contributed by atoms with Crippen LogP contribution in [0, 0.1) is 0 Å². The zero-order chi connectivity index (χ0) is 45.1. The average Bonchev–Trinajstić information content (AvgIpc) is 3.76. The van der Waals surface area contributed by atoms with E-state index < -0.39 is 0 Å². The van der Waals surface area contributed by atoms with Gasteiger partial charge in [0.25, 0.3) is 0 Å². The maximum absolute atomic E-state index is 10.5. The molecule has 5 fully saturated rings. The average molecular weight is 1090 g/mol. The molecule has 5 heterocycles. The van der Waals surface area contributed by atoms with Crippen LogP contribution in [-0.4, -0.2) is 74.2 Å². The number of fused-ring (bicyclic) bond motifs is 2. The van der Waals surface area contributed by atoms with Crippen LogP contribution in [0.4, 0.5) is 0 Å². The topological polar surface area (TPSA) is 40.5 Å². The van der Waals surface area contributed by atoms with E-state index in [9.17, 15) is 10.2 Å². The van der Waals surface area contributed by atoms with Gasteiger partial charge in [0.05, 0.1) is 0 Å². The minimum atomic E-state index is -0.0156. The van der Waals surface area contributed by atoms with Crippen molar-refractivity contribution in [2.45, 2.75) is 220 Å². The monoisotopic (exact) mass is 1090 g/mol. The van der Waals surface area contributed by atoms with Crippen LogP contribution in [0.2, 0.25) is 0 Å². The molecule has 2 N–H and O–H groups in total. The Hall–Kier alpha value is 2.24. The van der Waals surface area contributed by atoms with Crippen molar-refractivity contribution in [3.05, 3.63) is 58.7 Å². The summed E-state index contributed by atoms with van der Waals surface area (Å²) in [5.74, 6) is 3.55. The lowest BCUT2D eigenvalue weighted by atomic mass is 9.85. The number of rotatable bonds is 21. The Labute approximate surface area is 437 Å². The molecular formula is C50H76O2S12. The maximum atomic E-state index is 10.5.